The van der Waals surface area contributed by atoms with Crippen molar-refractivity contribution in [3.05, 3.63) is 23.8 Å². The molecule has 0 aliphatic heterocycles. The Balaban J connectivity index is 2.40. The van der Waals surface area contributed by atoms with E-state index >= 15 is 0 Å². The molecule has 0 radical (unpaired) electrons. The van der Waals surface area contributed by atoms with Crippen LogP contribution < -0.4 is 10.6 Å². The number of benzene rings is 1. The van der Waals surface area contributed by atoms with Gasteiger partial charge in [-0.2, -0.15) is 0 Å². The van der Waals surface area contributed by atoms with Crippen molar-refractivity contribution in [2.24, 2.45) is 0 Å². The van der Waals surface area contributed by atoms with Crippen molar-refractivity contribution in [2.75, 3.05) is 6.54 Å². The zero-order valence-corrected chi connectivity index (χ0v) is 14.5. The Morgan fingerprint density at radius 2 is 1.78 bits per heavy atom. The van der Waals surface area contributed by atoms with E-state index in [0.717, 1.165) is 0 Å². The normalized spacial score (nSPS) is 14.1. The maximum atomic E-state index is 11.7. The maximum Gasteiger partial charge on any atom is 0.407 e. The lowest BCUT2D eigenvalue weighted by molar-refractivity contribution is 0.0506. The zero-order valence-electron chi connectivity index (χ0n) is 14.5. The SMILES string of the molecule is CC(CCNC(C)c1c(O)cccc1O)NC(=O)OC(C)(C)C. The molecule has 0 fully saturated rings. The van der Waals surface area contributed by atoms with Gasteiger partial charge in [0, 0.05) is 12.1 Å². The van der Waals surface area contributed by atoms with Crippen molar-refractivity contribution < 1.29 is 19.7 Å². The summed E-state index contributed by atoms with van der Waals surface area (Å²) in [5, 5.41) is 25.6. The summed E-state index contributed by atoms with van der Waals surface area (Å²) in [4.78, 5) is 11.7. The molecule has 6 nitrogen and oxygen atoms in total. The van der Waals surface area contributed by atoms with Crippen molar-refractivity contribution in [1.29, 1.82) is 0 Å². The van der Waals surface area contributed by atoms with Gasteiger partial charge in [0.25, 0.3) is 0 Å². The molecule has 0 heterocycles. The van der Waals surface area contributed by atoms with Crippen molar-refractivity contribution in [3.63, 3.8) is 0 Å². The highest BCUT2D eigenvalue weighted by molar-refractivity contribution is 5.68. The van der Waals surface area contributed by atoms with Crippen LogP contribution in [0.15, 0.2) is 18.2 Å². The molecule has 0 saturated carbocycles. The average Bonchev–Trinajstić information content (AvgIpc) is 2.35. The number of rotatable bonds is 6. The predicted molar refractivity (Wildman–Crippen MR) is 89.6 cm³/mol. The number of aromatic hydroxyl groups is 2. The maximum absolute atomic E-state index is 11.7. The van der Waals surface area contributed by atoms with Crippen LogP contribution >= 0.6 is 0 Å². The van der Waals surface area contributed by atoms with E-state index in [4.69, 9.17) is 4.74 Å². The molecule has 23 heavy (non-hydrogen) atoms. The van der Waals surface area contributed by atoms with Crippen LogP contribution in [-0.4, -0.2) is 34.5 Å². The molecule has 0 spiro atoms. The first kappa shape index (κ1) is 19.1. The topological polar surface area (TPSA) is 90.8 Å². The van der Waals surface area contributed by atoms with E-state index in [0.29, 0.717) is 18.5 Å². The van der Waals surface area contributed by atoms with E-state index in [9.17, 15) is 15.0 Å². The van der Waals surface area contributed by atoms with Crippen LogP contribution in [-0.2, 0) is 4.74 Å². The second-order valence-electron chi connectivity index (χ2n) is 6.72. The minimum atomic E-state index is -0.515. The van der Waals surface area contributed by atoms with Crippen LogP contribution in [0.4, 0.5) is 4.79 Å². The summed E-state index contributed by atoms with van der Waals surface area (Å²) >= 11 is 0. The molecule has 1 rings (SSSR count). The third kappa shape index (κ3) is 6.78. The standard InChI is InChI=1S/C17H28N2O4/c1-11(19-16(22)23-17(3,4)5)9-10-18-12(2)15-13(20)7-6-8-14(15)21/h6-8,11-12,18,20-21H,9-10H2,1-5H3,(H,19,22). The first-order valence-electron chi connectivity index (χ1n) is 7.84. The number of hydrogen-bond acceptors (Lipinski definition) is 5. The number of ether oxygens (including phenoxy) is 1. The second kappa shape index (κ2) is 8.06. The molecule has 0 aromatic heterocycles. The van der Waals surface area contributed by atoms with E-state index in [1.54, 1.807) is 18.2 Å². The molecule has 0 bridgehead atoms. The molecule has 6 heteroatoms. The van der Waals surface area contributed by atoms with E-state index in [2.05, 4.69) is 10.6 Å². The Morgan fingerprint density at radius 1 is 1.22 bits per heavy atom. The Morgan fingerprint density at radius 3 is 2.30 bits per heavy atom. The van der Waals surface area contributed by atoms with Crippen LogP contribution in [0, 0.1) is 0 Å². The van der Waals surface area contributed by atoms with E-state index < -0.39 is 11.7 Å². The number of nitrogens with one attached hydrogen (secondary N) is 2. The van der Waals surface area contributed by atoms with Crippen molar-refractivity contribution in [3.8, 4) is 11.5 Å². The van der Waals surface area contributed by atoms with Gasteiger partial charge in [-0.05, 0) is 59.7 Å². The van der Waals surface area contributed by atoms with Crippen LogP contribution in [0.2, 0.25) is 0 Å². The van der Waals surface area contributed by atoms with Gasteiger partial charge in [-0.1, -0.05) is 6.07 Å². The fourth-order valence-electron chi connectivity index (χ4n) is 2.18. The molecule has 2 unspecified atom stereocenters. The Kier molecular flexibility index (Phi) is 6.69. The highest BCUT2D eigenvalue weighted by atomic mass is 16.6. The highest BCUT2D eigenvalue weighted by Crippen LogP contribution is 2.31. The van der Waals surface area contributed by atoms with Gasteiger partial charge < -0.3 is 25.6 Å². The molecule has 1 aromatic carbocycles. The fourth-order valence-corrected chi connectivity index (χ4v) is 2.18. The molecule has 0 aliphatic carbocycles. The fraction of sp³-hybridized carbons (Fsp3) is 0.588. The Bertz CT molecular complexity index is 506. The summed E-state index contributed by atoms with van der Waals surface area (Å²) in [6, 6.07) is 4.42. The molecule has 0 aliphatic rings. The summed E-state index contributed by atoms with van der Waals surface area (Å²) in [6.45, 7) is 9.83. The minimum absolute atomic E-state index is 0.0532. The first-order valence-corrected chi connectivity index (χ1v) is 7.84. The van der Waals surface area contributed by atoms with Crippen molar-refractivity contribution in [2.45, 2.75) is 58.7 Å². The summed E-state index contributed by atoms with van der Waals surface area (Å²) < 4.78 is 5.20. The number of carbonyl (C=O) groups excluding carboxylic acids is 1. The van der Waals surface area contributed by atoms with Crippen LogP contribution in [0.1, 0.15) is 52.6 Å². The van der Waals surface area contributed by atoms with E-state index in [1.807, 2.05) is 34.6 Å². The number of alkyl carbamates (subject to hydrolysis) is 1. The molecule has 4 N–H and O–H groups in total. The summed E-state index contributed by atoms with van der Waals surface area (Å²) in [5.41, 5.74) is -0.0425. The monoisotopic (exact) mass is 324 g/mol. The lowest BCUT2D eigenvalue weighted by Crippen LogP contribution is -2.39. The van der Waals surface area contributed by atoms with Gasteiger partial charge in [0.05, 0.1) is 5.56 Å². The molecule has 2 atom stereocenters. The zero-order chi connectivity index (χ0) is 17.6. The third-order valence-corrected chi connectivity index (χ3v) is 3.28. The third-order valence-electron chi connectivity index (χ3n) is 3.28. The number of carbonyl (C=O) groups is 1. The molecule has 1 amide bonds. The molecular formula is C17H28N2O4. The predicted octanol–water partition coefficient (Wildman–Crippen LogP) is 3.05. The van der Waals surface area contributed by atoms with Gasteiger partial charge in [0.15, 0.2) is 0 Å². The summed E-state index contributed by atoms with van der Waals surface area (Å²) in [5.74, 6) is 0.120. The van der Waals surface area contributed by atoms with Crippen LogP contribution in [0.25, 0.3) is 0 Å². The van der Waals surface area contributed by atoms with Crippen LogP contribution in [0.5, 0.6) is 11.5 Å². The summed E-state index contributed by atoms with van der Waals surface area (Å²) in [7, 11) is 0. The second-order valence-corrected chi connectivity index (χ2v) is 6.72. The lowest BCUT2D eigenvalue weighted by Gasteiger charge is -2.22. The average molecular weight is 324 g/mol. The first-order chi connectivity index (χ1) is 10.6. The molecular weight excluding hydrogens is 296 g/mol. The number of hydrogen-bond donors (Lipinski definition) is 4. The number of phenolic OH excluding ortho intramolecular Hbond substituents is 2. The number of phenols is 2. The van der Waals surface area contributed by atoms with Gasteiger partial charge in [-0.3, -0.25) is 0 Å². The van der Waals surface area contributed by atoms with Gasteiger partial charge >= 0.3 is 6.09 Å². The lowest BCUT2D eigenvalue weighted by atomic mass is 10.1. The Labute approximate surface area is 137 Å². The highest BCUT2D eigenvalue weighted by Gasteiger charge is 2.18. The van der Waals surface area contributed by atoms with Gasteiger partial charge in [-0.25, -0.2) is 4.79 Å². The van der Waals surface area contributed by atoms with Gasteiger partial charge in [0.2, 0.25) is 0 Å². The Hall–Kier alpha value is -1.95. The van der Waals surface area contributed by atoms with Crippen LogP contribution in [0.3, 0.4) is 0 Å². The smallest absolute Gasteiger partial charge is 0.407 e. The van der Waals surface area contributed by atoms with Crippen molar-refractivity contribution in [1.82, 2.24) is 10.6 Å². The summed E-state index contributed by atoms with van der Waals surface area (Å²) in [6.07, 6.45) is 0.259. The quantitative estimate of drug-likeness (QED) is 0.645. The molecule has 130 valence electrons. The van der Waals surface area contributed by atoms with E-state index in [-0.39, 0.29) is 23.6 Å². The van der Waals surface area contributed by atoms with Crippen molar-refractivity contribution >= 4 is 6.09 Å². The molecule has 1 aromatic rings. The van der Waals surface area contributed by atoms with E-state index in [1.165, 1.54) is 0 Å². The molecule has 0 saturated heterocycles. The van der Waals surface area contributed by atoms with Gasteiger partial charge in [-0.15, -0.1) is 0 Å². The largest absolute Gasteiger partial charge is 0.507 e. The van der Waals surface area contributed by atoms with Gasteiger partial charge in [0.1, 0.15) is 17.1 Å². The minimum Gasteiger partial charge on any atom is -0.507 e. The number of amides is 1.